The predicted molar refractivity (Wildman–Crippen MR) is 116 cm³/mol. The Bertz CT molecular complexity index is 1090. The third-order valence-electron chi connectivity index (χ3n) is 5.50. The van der Waals surface area contributed by atoms with Crippen molar-refractivity contribution in [3.05, 3.63) is 52.0 Å². The number of ether oxygens (including phenoxy) is 2. The highest BCUT2D eigenvalue weighted by atomic mass is 16.5. The normalized spacial score (nSPS) is 12.1. The predicted octanol–water partition coefficient (Wildman–Crippen LogP) is 3.79. The molecule has 0 bridgehead atoms. The third-order valence-corrected chi connectivity index (χ3v) is 5.50. The second kappa shape index (κ2) is 8.73. The molecule has 7 nitrogen and oxygen atoms in total. The fourth-order valence-electron chi connectivity index (χ4n) is 3.90. The molecule has 0 saturated heterocycles. The first-order valence-electron chi connectivity index (χ1n) is 10.1. The lowest BCUT2D eigenvalue weighted by Gasteiger charge is -2.19. The average Bonchev–Trinajstić information content (AvgIpc) is 3.07. The van der Waals surface area contributed by atoms with E-state index in [0.29, 0.717) is 24.3 Å². The van der Waals surface area contributed by atoms with Gasteiger partial charge < -0.3 is 14.8 Å². The van der Waals surface area contributed by atoms with Gasteiger partial charge in [-0.3, -0.25) is 4.79 Å². The Labute approximate surface area is 177 Å². The summed E-state index contributed by atoms with van der Waals surface area (Å²) in [7, 11) is 3.22. The van der Waals surface area contributed by atoms with Crippen LogP contribution in [0, 0.1) is 27.7 Å². The van der Waals surface area contributed by atoms with Gasteiger partial charge in [-0.15, -0.1) is 0 Å². The maximum Gasteiger partial charge on any atom is 0.220 e. The summed E-state index contributed by atoms with van der Waals surface area (Å²) in [4.78, 5) is 17.3. The molecule has 3 aromatic rings. The van der Waals surface area contributed by atoms with Crippen LogP contribution >= 0.6 is 0 Å². The van der Waals surface area contributed by atoms with Crippen LogP contribution in [0.25, 0.3) is 5.65 Å². The number of rotatable bonds is 7. The highest BCUT2D eigenvalue weighted by molar-refractivity contribution is 5.77. The summed E-state index contributed by atoms with van der Waals surface area (Å²) in [5, 5.41) is 7.60. The van der Waals surface area contributed by atoms with Gasteiger partial charge in [0, 0.05) is 23.9 Å². The highest BCUT2D eigenvalue weighted by Gasteiger charge is 2.17. The maximum absolute atomic E-state index is 12.7. The molecule has 0 radical (unpaired) electrons. The topological polar surface area (TPSA) is 77.8 Å². The van der Waals surface area contributed by atoms with Crippen molar-refractivity contribution in [3.63, 3.8) is 0 Å². The Morgan fingerprint density at radius 1 is 1.10 bits per heavy atom. The van der Waals surface area contributed by atoms with Crippen molar-refractivity contribution in [2.75, 3.05) is 14.2 Å². The van der Waals surface area contributed by atoms with Crippen LogP contribution in [0.4, 0.5) is 0 Å². The molecule has 0 aliphatic carbocycles. The molecular weight excluding hydrogens is 380 g/mol. The monoisotopic (exact) mass is 410 g/mol. The van der Waals surface area contributed by atoms with Crippen molar-refractivity contribution in [3.8, 4) is 11.5 Å². The molecule has 0 saturated carbocycles. The molecule has 30 heavy (non-hydrogen) atoms. The van der Waals surface area contributed by atoms with E-state index in [2.05, 4.69) is 15.4 Å². The summed E-state index contributed by atoms with van der Waals surface area (Å²) in [5.74, 6) is 1.33. The molecule has 1 aromatic carbocycles. The Kier molecular flexibility index (Phi) is 6.29. The summed E-state index contributed by atoms with van der Waals surface area (Å²) in [5.41, 5.74) is 6.85. The first kappa shape index (κ1) is 21.6. The smallest absolute Gasteiger partial charge is 0.220 e. The molecule has 1 N–H and O–H groups in total. The van der Waals surface area contributed by atoms with Crippen LogP contribution in [-0.2, 0) is 11.2 Å². The summed E-state index contributed by atoms with van der Waals surface area (Å²) in [6.07, 6.45) is 0.995. The Hall–Kier alpha value is -3.09. The number of benzene rings is 1. The molecule has 1 unspecified atom stereocenters. The van der Waals surface area contributed by atoms with Crippen molar-refractivity contribution >= 4 is 11.6 Å². The number of hydrogen-bond donors (Lipinski definition) is 1. The lowest BCUT2D eigenvalue weighted by Crippen LogP contribution is -2.27. The lowest BCUT2D eigenvalue weighted by molar-refractivity contribution is -0.121. The van der Waals surface area contributed by atoms with Gasteiger partial charge in [-0.25, -0.2) is 9.50 Å². The van der Waals surface area contributed by atoms with Crippen LogP contribution in [0.15, 0.2) is 18.2 Å². The van der Waals surface area contributed by atoms with Gasteiger partial charge in [-0.1, -0.05) is 0 Å². The van der Waals surface area contributed by atoms with Crippen molar-refractivity contribution in [1.29, 1.82) is 0 Å². The van der Waals surface area contributed by atoms with E-state index in [1.54, 1.807) is 14.2 Å². The van der Waals surface area contributed by atoms with Crippen LogP contribution in [0.2, 0.25) is 0 Å². The van der Waals surface area contributed by atoms with Gasteiger partial charge in [0.25, 0.3) is 0 Å². The van der Waals surface area contributed by atoms with Crippen molar-refractivity contribution in [2.24, 2.45) is 0 Å². The van der Waals surface area contributed by atoms with Crippen LogP contribution in [0.5, 0.6) is 11.5 Å². The molecule has 2 heterocycles. The molecule has 3 rings (SSSR count). The van der Waals surface area contributed by atoms with Crippen LogP contribution in [-0.4, -0.2) is 34.7 Å². The number of aryl methyl sites for hydroxylation is 4. The van der Waals surface area contributed by atoms with E-state index >= 15 is 0 Å². The van der Waals surface area contributed by atoms with Crippen LogP contribution in [0.3, 0.4) is 0 Å². The Morgan fingerprint density at radius 3 is 2.43 bits per heavy atom. The highest BCUT2D eigenvalue weighted by Crippen LogP contribution is 2.32. The van der Waals surface area contributed by atoms with E-state index in [0.717, 1.165) is 39.4 Å². The number of aromatic nitrogens is 3. The van der Waals surface area contributed by atoms with Crippen LogP contribution < -0.4 is 14.8 Å². The Balaban J connectivity index is 1.71. The van der Waals surface area contributed by atoms with E-state index in [9.17, 15) is 4.79 Å². The first-order valence-corrected chi connectivity index (χ1v) is 10.1. The van der Waals surface area contributed by atoms with E-state index in [-0.39, 0.29) is 11.9 Å². The maximum atomic E-state index is 12.7. The number of hydrogen-bond acceptors (Lipinski definition) is 5. The number of methoxy groups -OCH3 is 2. The van der Waals surface area contributed by atoms with Gasteiger partial charge >= 0.3 is 0 Å². The van der Waals surface area contributed by atoms with Crippen molar-refractivity contribution in [1.82, 2.24) is 19.9 Å². The number of amides is 1. The molecule has 0 fully saturated rings. The summed E-state index contributed by atoms with van der Waals surface area (Å²) >= 11 is 0. The molecular formula is C23H30N4O3. The summed E-state index contributed by atoms with van der Waals surface area (Å²) < 4.78 is 12.6. The fraction of sp³-hybridized carbons (Fsp3) is 0.435. The number of carbonyl (C=O) groups excluding carboxylic acids is 1. The molecule has 1 atom stereocenters. The van der Waals surface area contributed by atoms with Gasteiger partial charge in [0.1, 0.15) is 0 Å². The zero-order valence-corrected chi connectivity index (χ0v) is 18.8. The van der Waals surface area contributed by atoms with Gasteiger partial charge in [0.05, 0.1) is 26.0 Å². The quantitative estimate of drug-likeness (QED) is 0.641. The third kappa shape index (κ3) is 4.25. The van der Waals surface area contributed by atoms with Gasteiger partial charge in [0.2, 0.25) is 5.91 Å². The lowest BCUT2D eigenvalue weighted by atomic mass is 10.0. The van der Waals surface area contributed by atoms with E-state index in [1.807, 2.05) is 57.3 Å². The molecule has 160 valence electrons. The molecule has 0 aliphatic rings. The minimum atomic E-state index is -0.145. The fourth-order valence-corrected chi connectivity index (χ4v) is 3.90. The number of nitrogens with one attached hydrogen (secondary N) is 1. The van der Waals surface area contributed by atoms with Crippen LogP contribution in [0.1, 0.15) is 53.2 Å². The Morgan fingerprint density at radius 2 is 1.77 bits per heavy atom. The largest absolute Gasteiger partial charge is 0.493 e. The number of carbonyl (C=O) groups is 1. The minimum Gasteiger partial charge on any atom is -0.493 e. The molecule has 1 amide bonds. The SMILES string of the molecule is COc1cc(C)c(C(C)NC(=O)CCc2c(C)nc3cc(C)nn3c2C)cc1OC. The molecule has 0 aliphatic heterocycles. The average molecular weight is 411 g/mol. The zero-order chi connectivity index (χ0) is 22.0. The second-order valence-electron chi connectivity index (χ2n) is 7.67. The van der Waals surface area contributed by atoms with E-state index < -0.39 is 0 Å². The minimum absolute atomic E-state index is 0.00720. The molecule has 7 heteroatoms. The zero-order valence-electron chi connectivity index (χ0n) is 18.8. The van der Waals surface area contributed by atoms with Crippen molar-refractivity contribution in [2.45, 2.75) is 53.5 Å². The van der Waals surface area contributed by atoms with Gasteiger partial charge in [-0.05, 0) is 69.9 Å². The number of nitrogens with zero attached hydrogens (tertiary/aromatic N) is 3. The summed E-state index contributed by atoms with van der Waals surface area (Å²) in [6.45, 7) is 9.94. The second-order valence-corrected chi connectivity index (χ2v) is 7.67. The number of fused-ring (bicyclic) bond motifs is 1. The standard InChI is InChI=1S/C23H30N4O3/c1-13-10-20(29-6)21(30-7)12-19(13)16(4)25-23(28)9-8-18-15(3)24-22-11-14(2)26-27(22)17(18)5/h10-12,16H,8-9H2,1-7H3,(H,25,28). The van der Waals surface area contributed by atoms with Gasteiger partial charge in [0.15, 0.2) is 17.1 Å². The molecule has 0 spiro atoms. The molecule has 2 aromatic heterocycles. The van der Waals surface area contributed by atoms with E-state index in [1.165, 1.54) is 0 Å². The first-order chi connectivity index (χ1) is 14.2. The van der Waals surface area contributed by atoms with E-state index in [4.69, 9.17) is 9.47 Å². The van der Waals surface area contributed by atoms with Crippen molar-refractivity contribution < 1.29 is 14.3 Å². The summed E-state index contributed by atoms with van der Waals surface area (Å²) in [6, 6.07) is 5.67. The van der Waals surface area contributed by atoms with Gasteiger partial charge in [-0.2, -0.15) is 5.10 Å².